The van der Waals surface area contributed by atoms with Crippen molar-refractivity contribution in [3.05, 3.63) is 47.3 Å². The number of nitrogens with one attached hydrogen (secondary N) is 2. The van der Waals surface area contributed by atoms with Crippen molar-refractivity contribution in [1.29, 1.82) is 0 Å². The molecule has 136 valence electrons. The molecule has 1 aromatic carbocycles. The lowest BCUT2D eigenvalue weighted by molar-refractivity contribution is -0.119. The second-order valence-electron chi connectivity index (χ2n) is 7.00. The van der Waals surface area contributed by atoms with Crippen LogP contribution in [0, 0.1) is 12.8 Å². The molecule has 3 rings (SSSR count). The third-order valence-electron chi connectivity index (χ3n) is 4.88. The lowest BCUT2D eigenvalue weighted by atomic mass is 9.89. The summed E-state index contributed by atoms with van der Waals surface area (Å²) in [6.07, 6.45) is 3.87. The molecule has 2 N–H and O–H groups in total. The number of aryl methyl sites for hydroxylation is 2. The number of hydrogen-bond donors (Lipinski definition) is 2. The molecule has 25 heavy (non-hydrogen) atoms. The van der Waals surface area contributed by atoms with Crippen molar-refractivity contribution < 1.29 is 4.79 Å². The summed E-state index contributed by atoms with van der Waals surface area (Å²) in [6.45, 7) is 7.87. The van der Waals surface area contributed by atoms with Gasteiger partial charge in [-0.3, -0.25) is 9.48 Å². The van der Waals surface area contributed by atoms with E-state index in [9.17, 15) is 4.79 Å². The summed E-state index contributed by atoms with van der Waals surface area (Å²) in [6, 6.07) is 6.20. The van der Waals surface area contributed by atoms with E-state index in [0.29, 0.717) is 12.5 Å². The van der Waals surface area contributed by atoms with Crippen molar-refractivity contribution in [2.24, 2.45) is 13.0 Å². The molecule has 2 heterocycles. The molecule has 0 saturated carbocycles. The summed E-state index contributed by atoms with van der Waals surface area (Å²) in [7, 11) is 1.91. The molecule has 2 atom stereocenters. The first kappa shape index (κ1) is 19.5. The predicted molar refractivity (Wildman–Crippen MR) is 103 cm³/mol. The first-order valence-electron chi connectivity index (χ1n) is 8.57. The Labute approximate surface area is 155 Å². The van der Waals surface area contributed by atoms with Gasteiger partial charge in [0, 0.05) is 37.9 Å². The van der Waals surface area contributed by atoms with E-state index < -0.39 is 0 Å². The molecule has 2 aromatic rings. The Bertz CT molecular complexity index is 741. The molecule has 0 radical (unpaired) electrons. The van der Waals surface area contributed by atoms with Crippen LogP contribution in [0.15, 0.2) is 30.6 Å². The first-order valence-corrected chi connectivity index (χ1v) is 8.57. The zero-order valence-corrected chi connectivity index (χ0v) is 16.1. The topological polar surface area (TPSA) is 59.0 Å². The molecule has 1 aliphatic rings. The van der Waals surface area contributed by atoms with E-state index in [0.717, 1.165) is 23.4 Å². The number of nitrogens with zero attached hydrogens (tertiary/aromatic N) is 2. The number of amides is 1. The van der Waals surface area contributed by atoms with E-state index in [2.05, 4.69) is 41.7 Å². The van der Waals surface area contributed by atoms with Gasteiger partial charge in [-0.05, 0) is 29.5 Å². The number of benzene rings is 1. The van der Waals surface area contributed by atoms with Gasteiger partial charge in [-0.15, -0.1) is 12.4 Å². The van der Waals surface area contributed by atoms with E-state index in [4.69, 9.17) is 0 Å². The average molecular weight is 363 g/mol. The Hall–Kier alpha value is -1.85. The summed E-state index contributed by atoms with van der Waals surface area (Å²) in [5.74, 6) is 0.556. The minimum atomic E-state index is -0.0752. The number of carbonyl (C=O) groups excluding carboxylic acids is 1. The molecule has 1 saturated heterocycles. The van der Waals surface area contributed by atoms with Crippen molar-refractivity contribution in [2.75, 3.05) is 18.4 Å². The van der Waals surface area contributed by atoms with E-state index >= 15 is 0 Å². The third-order valence-corrected chi connectivity index (χ3v) is 4.88. The van der Waals surface area contributed by atoms with Crippen LogP contribution < -0.4 is 10.6 Å². The molecular weight excluding hydrogens is 336 g/mol. The highest BCUT2D eigenvalue weighted by molar-refractivity contribution is 5.95. The molecular formula is C19H27ClN4O. The van der Waals surface area contributed by atoms with Crippen LogP contribution in [0.2, 0.25) is 0 Å². The van der Waals surface area contributed by atoms with E-state index in [-0.39, 0.29) is 30.2 Å². The summed E-state index contributed by atoms with van der Waals surface area (Å²) in [4.78, 5) is 13.0. The number of hydrogen-bond acceptors (Lipinski definition) is 3. The van der Waals surface area contributed by atoms with Gasteiger partial charge in [-0.2, -0.15) is 5.10 Å². The normalized spacial score (nSPS) is 19.7. The Kier molecular flexibility index (Phi) is 6.25. The van der Waals surface area contributed by atoms with Crippen LogP contribution in [0.4, 0.5) is 5.69 Å². The molecule has 1 aliphatic heterocycles. The molecule has 0 bridgehead atoms. The fraction of sp³-hybridized carbons (Fsp3) is 0.474. The lowest BCUT2D eigenvalue weighted by Crippen LogP contribution is -2.28. The standard InChI is InChI=1S/C19H26N4O.ClH/c1-12(2)15-7-5-6-13(3)18(15)22-19(24)17-10-20-9-16(17)14-8-21-23(4)11-14;/h5-8,11-12,16-17,20H,9-10H2,1-4H3,(H,22,24);1H/t16-,17+;/m1./s1. The van der Waals surface area contributed by atoms with Crippen LogP contribution in [-0.4, -0.2) is 28.8 Å². The molecule has 1 amide bonds. The molecule has 0 unspecified atom stereocenters. The zero-order valence-electron chi connectivity index (χ0n) is 15.2. The maximum absolute atomic E-state index is 13.0. The van der Waals surface area contributed by atoms with Gasteiger partial charge in [0.15, 0.2) is 0 Å². The Morgan fingerprint density at radius 1 is 1.36 bits per heavy atom. The van der Waals surface area contributed by atoms with Crippen LogP contribution >= 0.6 is 12.4 Å². The van der Waals surface area contributed by atoms with E-state index in [1.807, 2.05) is 32.4 Å². The molecule has 0 spiro atoms. The highest BCUT2D eigenvalue weighted by Crippen LogP contribution is 2.32. The van der Waals surface area contributed by atoms with Crippen LogP contribution in [0.1, 0.15) is 42.4 Å². The number of carbonyl (C=O) groups is 1. The van der Waals surface area contributed by atoms with Crippen molar-refractivity contribution in [2.45, 2.75) is 32.6 Å². The van der Waals surface area contributed by atoms with Crippen LogP contribution in [0.5, 0.6) is 0 Å². The fourth-order valence-electron chi connectivity index (χ4n) is 3.49. The van der Waals surface area contributed by atoms with Gasteiger partial charge in [0.25, 0.3) is 0 Å². The Morgan fingerprint density at radius 2 is 2.12 bits per heavy atom. The summed E-state index contributed by atoms with van der Waals surface area (Å²) < 4.78 is 1.79. The summed E-state index contributed by atoms with van der Waals surface area (Å²) in [5.41, 5.74) is 4.39. The second kappa shape index (κ2) is 8.02. The number of rotatable bonds is 4. The van der Waals surface area contributed by atoms with E-state index in [1.54, 1.807) is 4.68 Å². The van der Waals surface area contributed by atoms with Crippen molar-refractivity contribution >= 4 is 24.0 Å². The van der Waals surface area contributed by atoms with Crippen LogP contribution in [0.25, 0.3) is 0 Å². The van der Waals surface area contributed by atoms with Gasteiger partial charge in [-0.25, -0.2) is 0 Å². The average Bonchev–Trinajstić information content (AvgIpc) is 3.17. The lowest BCUT2D eigenvalue weighted by Gasteiger charge is -2.21. The minimum absolute atomic E-state index is 0. The van der Waals surface area contributed by atoms with Crippen molar-refractivity contribution in [3.8, 4) is 0 Å². The minimum Gasteiger partial charge on any atom is -0.325 e. The zero-order chi connectivity index (χ0) is 17.3. The van der Waals surface area contributed by atoms with Crippen molar-refractivity contribution in [3.63, 3.8) is 0 Å². The number of halogens is 1. The largest absolute Gasteiger partial charge is 0.325 e. The molecule has 0 aliphatic carbocycles. The van der Waals surface area contributed by atoms with Gasteiger partial charge in [-0.1, -0.05) is 32.0 Å². The SMILES string of the molecule is Cc1cccc(C(C)C)c1NC(=O)[C@H]1CNC[C@@H]1c1cnn(C)c1.Cl. The number of anilines is 1. The first-order chi connectivity index (χ1) is 11.5. The van der Waals surface area contributed by atoms with Gasteiger partial charge in [0.2, 0.25) is 5.91 Å². The predicted octanol–water partition coefficient (Wildman–Crippen LogP) is 3.22. The highest BCUT2D eigenvalue weighted by atomic mass is 35.5. The smallest absolute Gasteiger partial charge is 0.229 e. The fourth-order valence-corrected chi connectivity index (χ4v) is 3.49. The van der Waals surface area contributed by atoms with Crippen LogP contribution in [0.3, 0.4) is 0 Å². The maximum Gasteiger partial charge on any atom is 0.229 e. The monoisotopic (exact) mass is 362 g/mol. The summed E-state index contributed by atoms with van der Waals surface area (Å²) >= 11 is 0. The molecule has 1 fully saturated rings. The van der Waals surface area contributed by atoms with E-state index in [1.165, 1.54) is 5.56 Å². The molecule has 6 heteroatoms. The number of para-hydroxylation sites is 1. The van der Waals surface area contributed by atoms with Gasteiger partial charge >= 0.3 is 0 Å². The second-order valence-corrected chi connectivity index (χ2v) is 7.00. The van der Waals surface area contributed by atoms with Crippen LogP contribution in [-0.2, 0) is 11.8 Å². The Balaban J connectivity index is 0.00000225. The highest BCUT2D eigenvalue weighted by Gasteiger charge is 2.35. The molecule has 5 nitrogen and oxygen atoms in total. The third kappa shape index (κ3) is 4.05. The van der Waals surface area contributed by atoms with Gasteiger partial charge < -0.3 is 10.6 Å². The Morgan fingerprint density at radius 3 is 2.76 bits per heavy atom. The summed E-state index contributed by atoms with van der Waals surface area (Å²) in [5, 5.41) is 10.8. The van der Waals surface area contributed by atoms with Gasteiger partial charge in [0.1, 0.15) is 0 Å². The molecule has 1 aromatic heterocycles. The van der Waals surface area contributed by atoms with Crippen molar-refractivity contribution in [1.82, 2.24) is 15.1 Å². The van der Waals surface area contributed by atoms with Gasteiger partial charge in [0.05, 0.1) is 12.1 Å². The maximum atomic E-state index is 13.0. The quantitative estimate of drug-likeness (QED) is 0.878. The number of aromatic nitrogens is 2.